The van der Waals surface area contributed by atoms with E-state index in [1.54, 1.807) is 27.7 Å². The smallest absolute Gasteiger partial charge is 0.270 e. The molecule has 182 valence electrons. The third-order valence-electron chi connectivity index (χ3n) is 8.29. The fourth-order valence-electron chi connectivity index (χ4n) is 5.48. The van der Waals surface area contributed by atoms with Crippen LogP contribution in [0.2, 0.25) is 0 Å². The molecule has 2 unspecified atom stereocenters. The molecule has 0 fully saturated rings. The summed E-state index contributed by atoms with van der Waals surface area (Å²) in [7, 11) is -8.60. The van der Waals surface area contributed by atoms with Gasteiger partial charge in [0.1, 0.15) is 0 Å². The van der Waals surface area contributed by atoms with E-state index in [2.05, 4.69) is 0 Å². The van der Waals surface area contributed by atoms with E-state index in [4.69, 9.17) is 0 Å². The zero-order valence-corrected chi connectivity index (χ0v) is 21.5. The van der Waals surface area contributed by atoms with Crippen LogP contribution in [0, 0.1) is 10.8 Å². The monoisotopic (exact) mass is 473 g/mol. The topological polar surface area (TPSA) is 132 Å². The molecule has 0 amide bonds. The molecule has 30 heavy (non-hydrogen) atoms. The predicted octanol–water partition coefficient (Wildman–Crippen LogP) is 2.66. The van der Waals surface area contributed by atoms with Crippen LogP contribution in [0.4, 0.5) is 0 Å². The Morgan fingerprint density at radius 3 is 1.30 bits per heavy atom. The van der Waals surface area contributed by atoms with E-state index in [-0.39, 0.29) is 25.9 Å². The third-order valence-corrected chi connectivity index (χ3v) is 13.1. The molecule has 0 bridgehead atoms. The maximum Gasteiger partial charge on any atom is 0.270 e. The predicted molar refractivity (Wildman–Crippen MR) is 120 cm³/mol. The van der Waals surface area contributed by atoms with Crippen molar-refractivity contribution in [3.05, 3.63) is 0 Å². The first kappa shape index (κ1) is 29.7. The molecule has 0 aliphatic rings. The van der Waals surface area contributed by atoms with Gasteiger partial charge in [-0.05, 0) is 50.4 Å². The highest BCUT2D eigenvalue weighted by molar-refractivity contribution is 7.90. The lowest BCUT2D eigenvalue weighted by Crippen LogP contribution is -2.68. The Labute approximate surface area is 183 Å². The fourth-order valence-corrected chi connectivity index (χ4v) is 9.23. The minimum Gasteiger partial charge on any atom is -0.395 e. The maximum absolute atomic E-state index is 14.0. The van der Waals surface area contributed by atoms with Crippen LogP contribution in [0.15, 0.2) is 0 Å². The molecule has 0 aromatic heterocycles. The summed E-state index contributed by atoms with van der Waals surface area (Å²) < 4.78 is 61.2. The summed E-state index contributed by atoms with van der Waals surface area (Å²) >= 11 is 0. The normalized spacial score (nSPS) is 18.3. The average Bonchev–Trinajstić information content (AvgIpc) is 2.66. The van der Waals surface area contributed by atoms with Crippen molar-refractivity contribution in [2.24, 2.45) is 10.8 Å². The van der Waals surface area contributed by atoms with Crippen LogP contribution >= 0.6 is 0 Å². The summed E-state index contributed by atoms with van der Waals surface area (Å²) in [5, 5.41) is 18.9. The van der Waals surface area contributed by atoms with E-state index < -0.39 is 53.7 Å². The molecule has 0 saturated heterocycles. The number of nitrogens with zero attached hydrogens (tertiary/aromatic N) is 1. The number of aliphatic hydroxyl groups is 2. The molecule has 0 saturated carbocycles. The van der Waals surface area contributed by atoms with Gasteiger partial charge in [-0.3, -0.25) is 4.55 Å². The minimum absolute atomic E-state index is 0.158. The second-order valence-electron chi connectivity index (χ2n) is 8.91. The highest BCUT2D eigenvalue weighted by atomic mass is 32.2. The molecule has 3 N–H and O–H groups in total. The van der Waals surface area contributed by atoms with Crippen molar-refractivity contribution in [1.82, 2.24) is 4.31 Å². The third kappa shape index (κ3) is 4.20. The highest BCUT2D eigenvalue weighted by Crippen LogP contribution is 2.63. The van der Waals surface area contributed by atoms with E-state index in [0.717, 1.165) is 4.31 Å². The number of aliphatic hydroxyl groups excluding tert-OH is 2. The SMILES string of the molecule is CCC(C)(C(C)(CC)C(CC)(CC)S(=O)(=O)N(CCO)CCO)C(C)(C)S(=O)(=O)O. The Hall–Kier alpha value is -0.260. The van der Waals surface area contributed by atoms with Crippen LogP contribution in [0.25, 0.3) is 0 Å². The minimum atomic E-state index is -4.52. The van der Waals surface area contributed by atoms with Crippen LogP contribution in [0.3, 0.4) is 0 Å². The Morgan fingerprint density at radius 1 is 0.700 bits per heavy atom. The largest absolute Gasteiger partial charge is 0.395 e. The second-order valence-corrected chi connectivity index (χ2v) is 13.1. The Kier molecular flexibility index (Phi) is 10.0. The molecule has 0 rings (SSSR count). The zero-order valence-electron chi connectivity index (χ0n) is 19.9. The van der Waals surface area contributed by atoms with Crippen LogP contribution in [-0.2, 0) is 20.1 Å². The molecule has 10 heteroatoms. The van der Waals surface area contributed by atoms with Crippen molar-refractivity contribution >= 4 is 20.1 Å². The summed E-state index contributed by atoms with van der Waals surface area (Å²) in [6.45, 7) is 12.5. The van der Waals surface area contributed by atoms with Gasteiger partial charge in [-0.1, -0.05) is 41.5 Å². The van der Waals surface area contributed by atoms with Crippen molar-refractivity contribution < 1.29 is 31.6 Å². The lowest BCUT2D eigenvalue weighted by molar-refractivity contribution is -0.0229. The quantitative estimate of drug-likeness (QED) is 0.330. The van der Waals surface area contributed by atoms with E-state index in [1.165, 1.54) is 13.8 Å². The van der Waals surface area contributed by atoms with Gasteiger partial charge in [-0.15, -0.1) is 0 Å². The van der Waals surface area contributed by atoms with E-state index >= 15 is 0 Å². The molecule has 0 aromatic carbocycles. The molecule has 0 aliphatic heterocycles. The fraction of sp³-hybridized carbons (Fsp3) is 1.00. The Morgan fingerprint density at radius 2 is 1.07 bits per heavy atom. The van der Waals surface area contributed by atoms with Crippen molar-refractivity contribution in [3.63, 3.8) is 0 Å². The van der Waals surface area contributed by atoms with Crippen molar-refractivity contribution in [2.75, 3.05) is 26.3 Å². The van der Waals surface area contributed by atoms with Crippen LogP contribution in [0.1, 0.15) is 81.1 Å². The second kappa shape index (κ2) is 10.1. The lowest BCUT2D eigenvalue weighted by Gasteiger charge is -2.61. The van der Waals surface area contributed by atoms with Gasteiger partial charge >= 0.3 is 0 Å². The molecular formula is C20H43NO7S2. The number of hydrogen-bond acceptors (Lipinski definition) is 6. The molecule has 0 aliphatic carbocycles. The number of rotatable bonds is 14. The molecule has 0 spiro atoms. The number of sulfonamides is 1. The van der Waals surface area contributed by atoms with Gasteiger partial charge in [-0.2, -0.15) is 12.7 Å². The van der Waals surface area contributed by atoms with Crippen LogP contribution < -0.4 is 0 Å². The van der Waals surface area contributed by atoms with Gasteiger partial charge in [0.05, 0.1) is 22.7 Å². The highest BCUT2D eigenvalue weighted by Gasteiger charge is 2.67. The van der Waals surface area contributed by atoms with E-state index in [9.17, 15) is 31.6 Å². The van der Waals surface area contributed by atoms with Gasteiger partial charge < -0.3 is 10.2 Å². The summed E-state index contributed by atoms with van der Waals surface area (Å²) in [6.07, 6.45) is 1.09. The van der Waals surface area contributed by atoms with Crippen LogP contribution in [0.5, 0.6) is 0 Å². The maximum atomic E-state index is 14.0. The summed E-state index contributed by atoms with van der Waals surface area (Å²) in [4.78, 5) is 0. The molecule has 0 aromatic rings. The van der Waals surface area contributed by atoms with Gasteiger partial charge in [0.2, 0.25) is 10.0 Å². The zero-order chi connectivity index (χ0) is 24.2. The van der Waals surface area contributed by atoms with E-state index in [1.807, 2.05) is 13.8 Å². The molecule has 2 atom stereocenters. The van der Waals surface area contributed by atoms with Crippen LogP contribution in [-0.4, -0.2) is 71.7 Å². The van der Waals surface area contributed by atoms with E-state index in [0.29, 0.717) is 12.8 Å². The van der Waals surface area contributed by atoms with Crippen molar-refractivity contribution in [2.45, 2.75) is 90.6 Å². The van der Waals surface area contributed by atoms with Gasteiger partial charge in [0, 0.05) is 13.1 Å². The average molecular weight is 474 g/mol. The Balaban J connectivity index is 7.33. The first-order chi connectivity index (χ1) is 13.5. The molecule has 8 nitrogen and oxygen atoms in total. The number of hydrogen-bond donors (Lipinski definition) is 3. The Bertz CT molecular complexity index is 754. The van der Waals surface area contributed by atoms with Crippen molar-refractivity contribution in [1.29, 1.82) is 0 Å². The summed E-state index contributed by atoms with van der Waals surface area (Å²) in [6, 6.07) is 0. The summed E-state index contributed by atoms with van der Waals surface area (Å²) in [5.74, 6) is 0. The van der Waals surface area contributed by atoms with Crippen molar-refractivity contribution in [3.8, 4) is 0 Å². The standard InChI is InChI=1S/C20H43NO7S2/c1-9-18(7,17(5,6)30(26,27)28)19(8,10-2)20(11-3,12-4)29(24,25)21(13-15-22)14-16-23/h22-23H,9-16H2,1-8H3,(H,26,27,28). The molecule has 0 radical (unpaired) electrons. The first-order valence-corrected chi connectivity index (χ1v) is 13.6. The van der Waals surface area contributed by atoms with Gasteiger partial charge in [-0.25, -0.2) is 8.42 Å². The van der Waals surface area contributed by atoms with Gasteiger partial charge in [0.15, 0.2) is 0 Å². The molecule has 0 heterocycles. The summed E-state index contributed by atoms with van der Waals surface area (Å²) in [5.41, 5.74) is -2.19. The lowest BCUT2D eigenvalue weighted by atomic mass is 9.51. The van der Waals surface area contributed by atoms with Gasteiger partial charge in [0.25, 0.3) is 10.1 Å². The molecular weight excluding hydrogens is 430 g/mol. The first-order valence-electron chi connectivity index (χ1n) is 10.7.